The van der Waals surface area contributed by atoms with Gasteiger partial charge in [0.2, 0.25) is 6.10 Å². The molecule has 0 heterocycles. The van der Waals surface area contributed by atoms with E-state index in [1.54, 1.807) is 27.7 Å². The molecule has 1 aliphatic rings. The van der Waals surface area contributed by atoms with Crippen LogP contribution in [0.5, 0.6) is 0 Å². The second kappa shape index (κ2) is 6.87. The van der Waals surface area contributed by atoms with Gasteiger partial charge in [-0.25, -0.2) is 0 Å². The molecule has 1 aliphatic carbocycles. The predicted octanol–water partition coefficient (Wildman–Crippen LogP) is 0.837. The molecular formula is C16H27NO5. The fourth-order valence-corrected chi connectivity index (χ4v) is 2.51. The van der Waals surface area contributed by atoms with Gasteiger partial charge in [0.05, 0.1) is 11.5 Å². The second-order valence-electron chi connectivity index (χ2n) is 7.34. The van der Waals surface area contributed by atoms with Gasteiger partial charge in [0.25, 0.3) is 0 Å². The van der Waals surface area contributed by atoms with E-state index in [-0.39, 0.29) is 23.9 Å². The van der Waals surface area contributed by atoms with E-state index in [1.807, 2.05) is 6.92 Å². The molecule has 0 aromatic rings. The predicted molar refractivity (Wildman–Crippen MR) is 80.9 cm³/mol. The Hall–Kier alpha value is -1.27. The molecule has 0 saturated heterocycles. The highest BCUT2D eigenvalue weighted by Crippen LogP contribution is 2.30. The summed E-state index contributed by atoms with van der Waals surface area (Å²) in [6, 6.07) is -0.459. The number of ketones is 2. The van der Waals surface area contributed by atoms with Gasteiger partial charge in [0.1, 0.15) is 0 Å². The van der Waals surface area contributed by atoms with Gasteiger partial charge in [-0.3, -0.25) is 14.4 Å². The van der Waals surface area contributed by atoms with Gasteiger partial charge < -0.3 is 15.6 Å². The third-order valence-electron chi connectivity index (χ3n) is 4.11. The molecule has 1 fully saturated rings. The number of Topliss-reactive ketones (excluding diaryl/α,β-unsaturated/α-hetero) is 2. The van der Waals surface area contributed by atoms with Crippen LogP contribution in [-0.4, -0.2) is 40.9 Å². The van der Waals surface area contributed by atoms with Gasteiger partial charge in [-0.2, -0.15) is 0 Å². The molecule has 0 aromatic carbocycles. The summed E-state index contributed by atoms with van der Waals surface area (Å²) < 4.78 is 5.10. The molecule has 0 spiro atoms. The van der Waals surface area contributed by atoms with Crippen LogP contribution in [0.15, 0.2) is 0 Å². The second-order valence-corrected chi connectivity index (χ2v) is 7.34. The third kappa shape index (κ3) is 4.36. The van der Waals surface area contributed by atoms with E-state index in [9.17, 15) is 19.5 Å². The lowest BCUT2D eigenvalue weighted by Crippen LogP contribution is -2.40. The Bertz CT molecular complexity index is 452. The van der Waals surface area contributed by atoms with Crippen molar-refractivity contribution in [2.75, 3.05) is 0 Å². The van der Waals surface area contributed by atoms with Crippen molar-refractivity contribution in [3.63, 3.8) is 0 Å². The van der Waals surface area contributed by atoms with E-state index in [4.69, 9.17) is 10.5 Å². The quantitative estimate of drug-likeness (QED) is 0.575. The van der Waals surface area contributed by atoms with Crippen LogP contribution in [0.4, 0.5) is 0 Å². The van der Waals surface area contributed by atoms with Crippen LogP contribution in [0.3, 0.4) is 0 Å². The van der Waals surface area contributed by atoms with E-state index in [1.165, 1.54) is 0 Å². The highest BCUT2D eigenvalue weighted by molar-refractivity contribution is 6.13. The first-order chi connectivity index (χ1) is 9.95. The highest BCUT2D eigenvalue weighted by atomic mass is 16.6. The Morgan fingerprint density at radius 3 is 2.36 bits per heavy atom. The number of carbonyl (C=O) groups is 3. The minimum atomic E-state index is -1.29. The molecule has 1 rings (SSSR count). The molecular weight excluding hydrogens is 286 g/mol. The molecule has 0 bridgehead atoms. The number of hydrogen-bond acceptors (Lipinski definition) is 6. The maximum atomic E-state index is 12.3. The van der Waals surface area contributed by atoms with Crippen molar-refractivity contribution in [3.05, 3.63) is 0 Å². The average molecular weight is 313 g/mol. The lowest BCUT2D eigenvalue weighted by atomic mass is 9.87. The van der Waals surface area contributed by atoms with Gasteiger partial charge >= 0.3 is 5.97 Å². The third-order valence-corrected chi connectivity index (χ3v) is 4.11. The van der Waals surface area contributed by atoms with Crippen molar-refractivity contribution in [2.24, 2.45) is 23.0 Å². The summed E-state index contributed by atoms with van der Waals surface area (Å²) in [6.07, 6.45) is -1.50. The van der Waals surface area contributed by atoms with Gasteiger partial charge in [-0.1, -0.05) is 6.92 Å². The van der Waals surface area contributed by atoms with E-state index in [0.717, 1.165) is 0 Å². The number of aliphatic hydroxyl groups excluding tert-OH is 1. The van der Waals surface area contributed by atoms with Crippen LogP contribution in [-0.2, 0) is 19.1 Å². The summed E-state index contributed by atoms with van der Waals surface area (Å²) >= 11 is 0. The summed E-state index contributed by atoms with van der Waals surface area (Å²) in [5, 5.41) is 9.50. The van der Waals surface area contributed by atoms with Crippen molar-refractivity contribution in [2.45, 2.75) is 65.7 Å². The number of ether oxygens (including phenoxy) is 1. The number of hydrogen-bond donors (Lipinski definition) is 2. The highest BCUT2D eigenvalue weighted by Gasteiger charge is 2.45. The van der Waals surface area contributed by atoms with E-state index in [0.29, 0.717) is 6.42 Å². The SMILES string of the molecule is CC(O)C(N)C(C)CC1CC(=O)C(OC(=O)C(C)(C)C)C1=O. The smallest absolute Gasteiger partial charge is 0.312 e. The average Bonchev–Trinajstić information content (AvgIpc) is 2.64. The largest absolute Gasteiger partial charge is 0.446 e. The monoisotopic (exact) mass is 313 g/mol. The first kappa shape index (κ1) is 18.8. The summed E-state index contributed by atoms with van der Waals surface area (Å²) in [5.41, 5.74) is 5.10. The first-order valence-corrected chi connectivity index (χ1v) is 7.66. The topological polar surface area (TPSA) is 107 Å². The molecule has 6 heteroatoms. The maximum Gasteiger partial charge on any atom is 0.312 e. The summed E-state index contributed by atoms with van der Waals surface area (Å²) in [7, 11) is 0. The van der Waals surface area contributed by atoms with Gasteiger partial charge in [-0.05, 0) is 40.0 Å². The van der Waals surface area contributed by atoms with Crippen molar-refractivity contribution < 1.29 is 24.2 Å². The molecule has 0 aliphatic heterocycles. The number of aliphatic hydroxyl groups is 1. The van der Waals surface area contributed by atoms with E-state index in [2.05, 4.69) is 0 Å². The Morgan fingerprint density at radius 2 is 1.91 bits per heavy atom. The van der Waals surface area contributed by atoms with Gasteiger partial charge in [-0.15, -0.1) is 0 Å². The molecule has 6 nitrogen and oxygen atoms in total. The number of nitrogens with two attached hydrogens (primary N) is 1. The zero-order valence-corrected chi connectivity index (χ0v) is 14.0. The summed E-state index contributed by atoms with van der Waals surface area (Å²) in [5.74, 6) is -1.88. The minimum Gasteiger partial charge on any atom is -0.446 e. The number of rotatable bonds is 5. The Kier molecular flexibility index (Phi) is 5.87. The lowest BCUT2D eigenvalue weighted by Gasteiger charge is -2.24. The summed E-state index contributed by atoms with van der Waals surface area (Å²) in [4.78, 5) is 36.1. The van der Waals surface area contributed by atoms with Gasteiger partial charge in [0, 0.05) is 18.4 Å². The molecule has 0 radical (unpaired) electrons. The van der Waals surface area contributed by atoms with Crippen molar-refractivity contribution in [1.82, 2.24) is 0 Å². The lowest BCUT2D eigenvalue weighted by molar-refractivity contribution is -0.164. The molecule has 5 atom stereocenters. The molecule has 126 valence electrons. The zero-order valence-electron chi connectivity index (χ0n) is 14.0. The van der Waals surface area contributed by atoms with Crippen LogP contribution >= 0.6 is 0 Å². The zero-order chi connectivity index (χ0) is 17.2. The van der Waals surface area contributed by atoms with Crippen LogP contribution < -0.4 is 5.73 Å². The molecule has 3 N–H and O–H groups in total. The Labute approximate surface area is 131 Å². The Morgan fingerprint density at radius 1 is 1.36 bits per heavy atom. The maximum absolute atomic E-state index is 12.3. The van der Waals surface area contributed by atoms with E-state index >= 15 is 0 Å². The molecule has 22 heavy (non-hydrogen) atoms. The first-order valence-electron chi connectivity index (χ1n) is 7.66. The molecule has 5 unspecified atom stereocenters. The fourth-order valence-electron chi connectivity index (χ4n) is 2.51. The van der Waals surface area contributed by atoms with Crippen molar-refractivity contribution >= 4 is 17.5 Å². The minimum absolute atomic E-state index is 0.0673. The fraction of sp³-hybridized carbons (Fsp3) is 0.812. The molecule has 0 amide bonds. The Balaban J connectivity index is 2.71. The van der Waals surface area contributed by atoms with Crippen LogP contribution in [0.1, 0.15) is 47.5 Å². The summed E-state index contributed by atoms with van der Waals surface area (Å²) in [6.45, 7) is 8.43. The van der Waals surface area contributed by atoms with E-state index < -0.39 is 35.6 Å². The van der Waals surface area contributed by atoms with Crippen molar-refractivity contribution in [3.8, 4) is 0 Å². The molecule has 0 aromatic heterocycles. The normalized spacial score (nSPS) is 26.7. The van der Waals surface area contributed by atoms with Crippen LogP contribution in [0, 0.1) is 17.3 Å². The molecule has 1 saturated carbocycles. The number of esters is 1. The standard InChI is InChI=1S/C16H27NO5/c1-8(12(17)9(2)18)6-10-7-11(19)14(13(10)20)22-15(21)16(3,4)5/h8-10,12,14,18H,6-7,17H2,1-5H3. The van der Waals surface area contributed by atoms with Crippen LogP contribution in [0.2, 0.25) is 0 Å². The van der Waals surface area contributed by atoms with Gasteiger partial charge in [0.15, 0.2) is 11.6 Å². The van der Waals surface area contributed by atoms with Crippen LogP contribution in [0.25, 0.3) is 0 Å². The van der Waals surface area contributed by atoms with Crippen molar-refractivity contribution in [1.29, 1.82) is 0 Å². The number of carbonyl (C=O) groups excluding carboxylic acids is 3.